The van der Waals surface area contributed by atoms with E-state index in [0.29, 0.717) is 37.7 Å². The summed E-state index contributed by atoms with van der Waals surface area (Å²) in [6.45, 7) is 4.44. The minimum atomic E-state index is -4.59. The van der Waals surface area contributed by atoms with Crippen LogP contribution in [0.2, 0.25) is 0 Å². The van der Waals surface area contributed by atoms with E-state index in [1.165, 1.54) is 0 Å². The number of rotatable bonds is 3. The third-order valence-electron chi connectivity index (χ3n) is 5.51. The largest absolute Gasteiger partial charge is 0.417 e. The van der Waals surface area contributed by atoms with Gasteiger partial charge < -0.3 is 20.6 Å². The maximum atomic E-state index is 13.6. The Labute approximate surface area is 166 Å². The summed E-state index contributed by atoms with van der Waals surface area (Å²) in [5.41, 5.74) is 3.92. The molecule has 0 atom stereocenters. The lowest BCUT2D eigenvalue weighted by atomic mass is 9.94. The Morgan fingerprint density at radius 1 is 1.07 bits per heavy atom. The van der Waals surface area contributed by atoms with E-state index in [1.54, 1.807) is 13.0 Å². The number of hydrogen-bond donors (Lipinski definition) is 2. The Balaban J connectivity index is 1.78. The van der Waals surface area contributed by atoms with E-state index in [4.69, 9.17) is 5.73 Å². The number of hydrogen-bond acceptors (Lipinski definition) is 7. The summed E-state index contributed by atoms with van der Waals surface area (Å²) in [5, 5.41) is 10.2. The fraction of sp³-hybridized carbons (Fsp3) is 0.526. The molecule has 0 unspecified atom stereocenters. The first-order valence-corrected chi connectivity index (χ1v) is 9.57. The van der Waals surface area contributed by atoms with Crippen LogP contribution in [0.1, 0.15) is 31.7 Å². The second-order valence-electron chi connectivity index (χ2n) is 7.89. The predicted molar refractivity (Wildman–Crippen MR) is 104 cm³/mol. The van der Waals surface area contributed by atoms with Gasteiger partial charge in [0.25, 0.3) is 0 Å². The summed E-state index contributed by atoms with van der Waals surface area (Å²) in [4.78, 5) is 16.8. The van der Waals surface area contributed by atoms with Gasteiger partial charge in [-0.15, -0.1) is 0 Å². The Bertz CT molecular complexity index is 903. The zero-order valence-electron chi connectivity index (χ0n) is 16.1. The highest BCUT2D eigenvalue weighted by Crippen LogP contribution is 2.38. The number of pyridine rings is 1. The van der Waals surface area contributed by atoms with Crippen molar-refractivity contribution in [3.63, 3.8) is 0 Å². The SMILES string of the molecule is CC1(O)CCN(c2nc(-c3cnc(N)cc3C(F)(F)F)cc(N3CCC3)n2)CC1. The van der Waals surface area contributed by atoms with E-state index >= 15 is 0 Å². The van der Waals surface area contributed by atoms with E-state index in [0.717, 1.165) is 31.8 Å². The van der Waals surface area contributed by atoms with Gasteiger partial charge in [0.1, 0.15) is 11.6 Å². The Morgan fingerprint density at radius 2 is 1.76 bits per heavy atom. The van der Waals surface area contributed by atoms with Gasteiger partial charge in [0.05, 0.1) is 16.9 Å². The molecule has 2 aromatic heterocycles. The summed E-state index contributed by atoms with van der Waals surface area (Å²) in [7, 11) is 0. The van der Waals surface area contributed by atoms with Gasteiger partial charge in [-0.3, -0.25) is 0 Å². The topological polar surface area (TPSA) is 91.4 Å². The van der Waals surface area contributed by atoms with Crippen LogP contribution in [-0.2, 0) is 6.18 Å². The standard InChI is InChI=1S/C19H23F3N6O/c1-18(29)3-7-28(8-4-18)17-25-14(10-16(26-17)27-5-2-6-27)12-11-24-15(23)9-13(12)19(20,21)22/h9-11,29H,2-8H2,1H3,(H2,23,24). The summed E-state index contributed by atoms with van der Waals surface area (Å²) < 4.78 is 40.8. The Hall–Kier alpha value is -2.62. The average Bonchev–Trinajstić information content (AvgIpc) is 2.59. The fourth-order valence-corrected chi connectivity index (χ4v) is 3.51. The highest BCUT2D eigenvalue weighted by atomic mass is 19.4. The summed E-state index contributed by atoms with van der Waals surface area (Å²) in [5.74, 6) is 0.764. The highest BCUT2D eigenvalue weighted by Gasteiger charge is 2.35. The summed E-state index contributed by atoms with van der Waals surface area (Å²) in [6, 6.07) is 2.41. The molecule has 2 aliphatic heterocycles. The molecule has 0 radical (unpaired) electrons. The van der Waals surface area contributed by atoms with E-state index in [2.05, 4.69) is 15.0 Å². The number of nitrogen functional groups attached to an aromatic ring is 1. The first-order valence-electron chi connectivity index (χ1n) is 9.57. The number of alkyl halides is 3. The van der Waals surface area contributed by atoms with Crippen molar-refractivity contribution in [2.24, 2.45) is 0 Å². The van der Waals surface area contributed by atoms with Crippen molar-refractivity contribution in [3.05, 3.63) is 23.9 Å². The van der Waals surface area contributed by atoms with E-state index in [-0.39, 0.29) is 17.1 Å². The molecule has 2 fully saturated rings. The molecule has 4 heterocycles. The predicted octanol–water partition coefficient (Wildman–Crippen LogP) is 2.70. The number of piperidine rings is 1. The van der Waals surface area contributed by atoms with Crippen molar-refractivity contribution in [3.8, 4) is 11.3 Å². The first kappa shape index (κ1) is 19.7. The molecule has 0 bridgehead atoms. The zero-order chi connectivity index (χ0) is 20.8. The molecule has 0 amide bonds. The molecule has 29 heavy (non-hydrogen) atoms. The molecule has 0 aliphatic carbocycles. The molecular weight excluding hydrogens is 385 g/mol. The van der Waals surface area contributed by atoms with Crippen molar-refractivity contribution in [2.45, 2.75) is 38.0 Å². The summed E-state index contributed by atoms with van der Waals surface area (Å²) in [6.07, 6.45) is -1.38. The van der Waals surface area contributed by atoms with E-state index in [9.17, 15) is 18.3 Å². The molecule has 0 saturated carbocycles. The minimum Gasteiger partial charge on any atom is -0.390 e. The van der Waals surface area contributed by atoms with Crippen LogP contribution in [0.25, 0.3) is 11.3 Å². The Kier molecular flexibility index (Phi) is 4.76. The van der Waals surface area contributed by atoms with Gasteiger partial charge in [-0.25, -0.2) is 9.97 Å². The van der Waals surface area contributed by atoms with Crippen LogP contribution in [0, 0.1) is 0 Å². The average molecular weight is 408 g/mol. The van der Waals surface area contributed by atoms with Crippen LogP contribution in [0.4, 0.5) is 30.8 Å². The molecular formula is C19H23F3N6O. The lowest BCUT2D eigenvalue weighted by molar-refractivity contribution is -0.137. The van der Waals surface area contributed by atoms with E-state index < -0.39 is 17.3 Å². The monoisotopic (exact) mass is 408 g/mol. The third-order valence-corrected chi connectivity index (χ3v) is 5.51. The first-order chi connectivity index (χ1) is 13.6. The van der Waals surface area contributed by atoms with Crippen molar-refractivity contribution >= 4 is 17.6 Å². The van der Waals surface area contributed by atoms with Crippen molar-refractivity contribution in [2.75, 3.05) is 41.7 Å². The van der Waals surface area contributed by atoms with Gasteiger partial charge in [-0.1, -0.05) is 0 Å². The maximum absolute atomic E-state index is 13.6. The number of aliphatic hydroxyl groups is 1. The second-order valence-corrected chi connectivity index (χ2v) is 7.89. The van der Waals surface area contributed by atoms with Gasteiger partial charge in [0.2, 0.25) is 5.95 Å². The molecule has 2 aliphatic rings. The summed E-state index contributed by atoms with van der Waals surface area (Å²) >= 11 is 0. The van der Waals surface area contributed by atoms with Crippen LogP contribution in [0.15, 0.2) is 18.3 Å². The van der Waals surface area contributed by atoms with Crippen molar-refractivity contribution in [1.82, 2.24) is 15.0 Å². The smallest absolute Gasteiger partial charge is 0.390 e. The number of nitrogens with zero attached hydrogens (tertiary/aromatic N) is 5. The number of halogens is 3. The maximum Gasteiger partial charge on any atom is 0.417 e. The van der Waals surface area contributed by atoms with Crippen molar-refractivity contribution < 1.29 is 18.3 Å². The van der Waals surface area contributed by atoms with Crippen LogP contribution in [0.3, 0.4) is 0 Å². The molecule has 0 spiro atoms. The molecule has 4 rings (SSSR count). The van der Waals surface area contributed by atoms with E-state index in [1.807, 2.05) is 9.80 Å². The zero-order valence-corrected chi connectivity index (χ0v) is 16.1. The molecule has 10 heteroatoms. The van der Waals surface area contributed by atoms with Crippen LogP contribution < -0.4 is 15.5 Å². The minimum absolute atomic E-state index is 0.124. The van der Waals surface area contributed by atoms with Crippen LogP contribution >= 0.6 is 0 Å². The molecule has 156 valence electrons. The number of anilines is 3. The normalized spacial score (nSPS) is 19.2. The number of nitrogens with two attached hydrogens (primary N) is 1. The van der Waals surface area contributed by atoms with Crippen LogP contribution in [-0.4, -0.2) is 51.8 Å². The van der Waals surface area contributed by atoms with Crippen molar-refractivity contribution in [1.29, 1.82) is 0 Å². The van der Waals surface area contributed by atoms with Gasteiger partial charge in [0.15, 0.2) is 0 Å². The lowest BCUT2D eigenvalue weighted by Crippen LogP contribution is -2.43. The second kappa shape index (κ2) is 7.01. The fourth-order valence-electron chi connectivity index (χ4n) is 3.51. The molecule has 2 saturated heterocycles. The van der Waals surface area contributed by atoms with Gasteiger partial charge in [0, 0.05) is 44.0 Å². The molecule has 3 N–H and O–H groups in total. The highest BCUT2D eigenvalue weighted by molar-refractivity contribution is 5.69. The van der Waals surface area contributed by atoms with Gasteiger partial charge in [-0.05, 0) is 32.3 Å². The molecule has 7 nitrogen and oxygen atoms in total. The molecule has 2 aromatic rings. The van der Waals surface area contributed by atoms with Gasteiger partial charge >= 0.3 is 6.18 Å². The van der Waals surface area contributed by atoms with Gasteiger partial charge in [-0.2, -0.15) is 18.2 Å². The number of aromatic nitrogens is 3. The third kappa shape index (κ3) is 4.07. The quantitative estimate of drug-likeness (QED) is 0.807. The molecule has 0 aromatic carbocycles. The Morgan fingerprint density at radius 3 is 2.34 bits per heavy atom. The lowest BCUT2D eigenvalue weighted by Gasteiger charge is -2.37. The van der Waals surface area contributed by atoms with Crippen LogP contribution in [0.5, 0.6) is 0 Å².